The molecule has 1 aliphatic heterocycles. The van der Waals surface area contributed by atoms with Gasteiger partial charge in [-0.1, -0.05) is 19.9 Å². The second-order valence-electron chi connectivity index (χ2n) is 7.92. The van der Waals surface area contributed by atoms with Crippen LogP contribution in [0, 0.1) is 17.2 Å². The summed E-state index contributed by atoms with van der Waals surface area (Å²) in [6.45, 7) is 9.55. The predicted molar refractivity (Wildman–Crippen MR) is 122 cm³/mol. The molecule has 0 saturated carbocycles. The summed E-state index contributed by atoms with van der Waals surface area (Å²) in [5.41, 5.74) is 1.38. The van der Waals surface area contributed by atoms with Crippen LogP contribution in [-0.2, 0) is 14.3 Å². The molecular weight excluding hydrogens is 408 g/mol. The molecule has 0 spiro atoms. The maximum absolute atomic E-state index is 13.1. The maximum atomic E-state index is 13.1. The molecule has 0 bridgehead atoms. The maximum Gasteiger partial charge on any atom is 0.271 e. The normalized spacial score (nSPS) is 15.5. The van der Waals surface area contributed by atoms with Crippen LogP contribution in [0.25, 0.3) is 6.08 Å². The number of methoxy groups -OCH3 is 1. The first-order valence-corrected chi connectivity index (χ1v) is 10.9. The molecule has 0 atom stereocenters. The third kappa shape index (κ3) is 6.21. The SMILES string of the molecule is CCOCCCN1C(=O)C(C#N)=C(C)/C(=C\c2ccc(OCCC(C)C)c(OC)c2)C1=O. The van der Waals surface area contributed by atoms with Crippen molar-refractivity contribution in [2.24, 2.45) is 5.92 Å². The lowest BCUT2D eigenvalue weighted by Crippen LogP contribution is -2.43. The van der Waals surface area contributed by atoms with Crippen molar-refractivity contribution < 1.29 is 23.8 Å². The molecule has 32 heavy (non-hydrogen) atoms. The number of benzene rings is 1. The first-order valence-electron chi connectivity index (χ1n) is 10.9. The van der Waals surface area contributed by atoms with Gasteiger partial charge in [0.25, 0.3) is 11.8 Å². The number of nitriles is 1. The first-order chi connectivity index (χ1) is 15.3. The summed E-state index contributed by atoms with van der Waals surface area (Å²) in [7, 11) is 1.56. The van der Waals surface area contributed by atoms with E-state index in [4.69, 9.17) is 14.2 Å². The average Bonchev–Trinajstić information content (AvgIpc) is 2.77. The van der Waals surface area contributed by atoms with Gasteiger partial charge in [0.05, 0.1) is 13.7 Å². The van der Waals surface area contributed by atoms with Crippen LogP contribution in [-0.4, -0.2) is 50.2 Å². The number of amides is 2. The van der Waals surface area contributed by atoms with Gasteiger partial charge in [-0.2, -0.15) is 5.26 Å². The lowest BCUT2D eigenvalue weighted by atomic mass is 9.93. The van der Waals surface area contributed by atoms with E-state index in [0.717, 1.165) is 11.3 Å². The second-order valence-corrected chi connectivity index (χ2v) is 7.92. The molecule has 0 radical (unpaired) electrons. The molecule has 0 aromatic heterocycles. The first kappa shape index (κ1) is 25.2. The molecule has 0 saturated heterocycles. The highest BCUT2D eigenvalue weighted by molar-refractivity contribution is 6.19. The fraction of sp³-hybridized carbons (Fsp3) is 0.480. The van der Waals surface area contributed by atoms with Crippen molar-refractivity contribution >= 4 is 17.9 Å². The van der Waals surface area contributed by atoms with E-state index in [-0.39, 0.29) is 12.1 Å². The van der Waals surface area contributed by atoms with Crippen LogP contribution in [0.2, 0.25) is 0 Å². The smallest absolute Gasteiger partial charge is 0.271 e. The Morgan fingerprint density at radius 2 is 1.91 bits per heavy atom. The number of carbonyl (C=O) groups is 2. The standard InChI is InChI=1S/C25H32N2O5/c1-6-31-12-7-11-27-24(28)20(18(4)21(16-26)25(27)29)14-19-8-9-22(23(15-19)30-5)32-13-10-17(2)3/h8-9,14-15,17H,6-7,10-13H2,1-5H3/b20-14+. The van der Waals surface area contributed by atoms with Crippen LogP contribution < -0.4 is 9.47 Å². The van der Waals surface area contributed by atoms with Crippen LogP contribution in [0.5, 0.6) is 11.5 Å². The van der Waals surface area contributed by atoms with Gasteiger partial charge in [0.1, 0.15) is 11.6 Å². The molecular formula is C25H32N2O5. The van der Waals surface area contributed by atoms with Gasteiger partial charge in [-0.25, -0.2) is 0 Å². The molecule has 7 nitrogen and oxygen atoms in total. The quantitative estimate of drug-likeness (QED) is 0.292. The van der Waals surface area contributed by atoms with E-state index in [1.807, 2.05) is 19.1 Å². The lowest BCUT2D eigenvalue weighted by molar-refractivity contribution is -0.140. The van der Waals surface area contributed by atoms with Gasteiger partial charge in [0, 0.05) is 25.3 Å². The van der Waals surface area contributed by atoms with E-state index in [9.17, 15) is 14.9 Å². The molecule has 0 fully saturated rings. The number of hydrogen-bond acceptors (Lipinski definition) is 6. The molecule has 172 valence electrons. The van der Waals surface area contributed by atoms with E-state index >= 15 is 0 Å². The number of ether oxygens (including phenoxy) is 3. The van der Waals surface area contributed by atoms with Crippen molar-refractivity contribution in [3.63, 3.8) is 0 Å². The molecule has 0 N–H and O–H groups in total. The fourth-order valence-electron chi connectivity index (χ4n) is 3.27. The number of carbonyl (C=O) groups excluding carboxylic acids is 2. The largest absolute Gasteiger partial charge is 0.493 e. The zero-order valence-electron chi connectivity index (χ0n) is 19.6. The van der Waals surface area contributed by atoms with Crippen molar-refractivity contribution in [2.75, 3.05) is 33.5 Å². The Morgan fingerprint density at radius 1 is 1.16 bits per heavy atom. The van der Waals surface area contributed by atoms with Crippen molar-refractivity contribution in [2.45, 2.75) is 40.5 Å². The van der Waals surface area contributed by atoms with Crippen LogP contribution >= 0.6 is 0 Å². The molecule has 0 unspecified atom stereocenters. The minimum atomic E-state index is -0.560. The molecule has 2 rings (SSSR count). The molecule has 1 aromatic carbocycles. The summed E-state index contributed by atoms with van der Waals surface area (Å²) in [5, 5.41) is 9.51. The van der Waals surface area contributed by atoms with Crippen molar-refractivity contribution in [1.82, 2.24) is 4.90 Å². The Hall–Kier alpha value is -3.11. The average molecular weight is 441 g/mol. The zero-order chi connectivity index (χ0) is 23.7. The number of nitrogens with zero attached hydrogens (tertiary/aromatic N) is 2. The van der Waals surface area contributed by atoms with E-state index in [0.29, 0.717) is 60.4 Å². The van der Waals surface area contributed by atoms with Crippen LogP contribution in [0.4, 0.5) is 0 Å². The Balaban J connectivity index is 2.33. The van der Waals surface area contributed by atoms with Crippen LogP contribution in [0.1, 0.15) is 46.1 Å². The third-order valence-corrected chi connectivity index (χ3v) is 5.15. The minimum absolute atomic E-state index is 0.0205. The highest BCUT2D eigenvalue weighted by Gasteiger charge is 2.35. The Bertz CT molecular complexity index is 940. The van der Waals surface area contributed by atoms with Crippen molar-refractivity contribution in [3.05, 3.63) is 40.5 Å². The summed E-state index contributed by atoms with van der Waals surface area (Å²) >= 11 is 0. The van der Waals surface area contributed by atoms with Gasteiger partial charge >= 0.3 is 0 Å². The number of imide groups is 1. The zero-order valence-corrected chi connectivity index (χ0v) is 19.6. The number of rotatable bonds is 11. The summed E-state index contributed by atoms with van der Waals surface area (Å²) in [6, 6.07) is 7.35. The van der Waals surface area contributed by atoms with Gasteiger partial charge < -0.3 is 14.2 Å². The molecule has 2 amide bonds. The molecule has 1 heterocycles. The fourth-order valence-corrected chi connectivity index (χ4v) is 3.27. The summed E-state index contributed by atoms with van der Waals surface area (Å²) < 4.78 is 16.6. The molecule has 7 heteroatoms. The van der Waals surface area contributed by atoms with Gasteiger partial charge in [-0.05, 0) is 62.0 Å². The van der Waals surface area contributed by atoms with E-state index in [1.54, 1.807) is 32.2 Å². The predicted octanol–water partition coefficient (Wildman–Crippen LogP) is 4.14. The van der Waals surface area contributed by atoms with Crippen molar-refractivity contribution in [3.8, 4) is 17.6 Å². The monoisotopic (exact) mass is 440 g/mol. The van der Waals surface area contributed by atoms with Gasteiger partial charge in [-0.3, -0.25) is 14.5 Å². The Kier molecular flexibility index (Phi) is 9.48. The van der Waals surface area contributed by atoms with Crippen molar-refractivity contribution in [1.29, 1.82) is 5.26 Å². The lowest BCUT2D eigenvalue weighted by Gasteiger charge is -2.27. The number of hydrogen-bond donors (Lipinski definition) is 0. The van der Waals surface area contributed by atoms with E-state index < -0.39 is 11.8 Å². The Morgan fingerprint density at radius 3 is 2.53 bits per heavy atom. The summed E-state index contributed by atoms with van der Waals surface area (Å²) in [4.78, 5) is 26.9. The topological polar surface area (TPSA) is 88.9 Å². The van der Waals surface area contributed by atoms with Gasteiger partial charge in [0.2, 0.25) is 0 Å². The van der Waals surface area contributed by atoms with E-state index in [1.165, 1.54) is 0 Å². The molecule has 1 aliphatic rings. The van der Waals surface area contributed by atoms with Gasteiger partial charge in [0.15, 0.2) is 11.5 Å². The van der Waals surface area contributed by atoms with E-state index in [2.05, 4.69) is 13.8 Å². The highest BCUT2D eigenvalue weighted by Crippen LogP contribution is 2.32. The Labute approximate surface area is 190 Å². The molecule has 0 aliphatic carbocycles. The second kappa shape index (κ2) is 12.1. The van der Waals surface area contributed by atoms with Gasteiger partial charge in [-0.15, -0.1) is 0 Å². The highest BCUT2D eigenvalue weighted by atomic mass is 16.5. The summed E-state index contributed by atoms with van der Waals surface area (Å²) in [6.07, 6.45) is 3.11. The molecule has 1 aromatic rings. The van der Waals surface area contributed by atoms with Crippen LogP contribution in [0.15, 0.2) is 34.9 Å². The third-order valence-electron chi connectivity index (χ3n) is 5.15. The minimum Gasteiger partial charge on any atom is -0.493 e. The van der Waals surface area contributed by atoms with Crippen LogP contribution in [0.3, 0.4) is 0 Å². The summed E-state index contributed by atoms with van der Waals surface area (Å²) in [5.74, 6) is 0.737.